The number of phenolic OH excluding ortho intramolecular Hbond substituents is 1. The zero-order valence-corrected chi connectivity index (χ0v) is 15.3. The fourth-order valence-corrected chi connectivity index (χ4v) is 1.66. The molecule has 2 aromatic carbocycles. The molecule has 0 fully saturated rings. The summed E-state index contributed by atoms with van der Waals surface area (Å²) in [5.41, 5.74) is 2.17. The van der Waals surface area contributed by atoms with Gasteiger partial charge in [0.15, 0.2) is 0 Å². The van der Waals surface area contributed by atoms with E-state index in [2.05, 4.69) is 17.0 Å². The van der Waals surface area contributed by atoms with Gasteiger partial charge in [-0.15, -0.1) is 31.2 Å². The van der Waals surface area contributed by atoms with Gasteiger partial charge in [0.2, 0.25) is 0 Å². The van der Waals surface area contributed by atoms with Crippen molar-refractivity contribution in [1.82, 2.24) is 0 Å². The Morgan fingerprint density at radius 3 is 2.00 bits per heavy atom. The van der Waals surface area contributed by atoms with Gasteiger partial charge in [0, 0.05) is 0 Å². The van der Waals surface area contributed by atoms with E-state index in [1.165, 1.54) is 0 Å². The van der Waals surface area contributed by atoms with Crippen molar-refractivity contribution in [1.29, 1.82) is 0 Å². The van der Waals surface area contributed by atoms with Crippen molar-refractivity contribution in [2.45, 2.75) is 6.42 Å². The molecule has 2 aromatic rings. The first-order valence-corrected chi connectivity index (χ1v) is 7.38. The van der Waals surface area contributed by atoms with Crippen LogP contribution in [-0.2, 0) is 20.0 Å². The molecular weight excluding hydrogens is 351 g/mol. The quantitative estimate of drug-likeness (QED) is 0.542. The van der Waals surface area contributed by atoms with Crippen molar-refractivity contribution >= 4 is 29.6 Å². The fraction of sp³-hybridized carbons (Fsp3) is 0.0556. The van der Waals surface area contributed by atoms with E-state index < -0.39 is 0 Å². The summed E-state index contributed by atoms with van der Waals surface area (Å²) in [5.74, 6) is 0.307. The molecule has 1 aliphatic carbocycles. The average molecular weight is 370 g/mol. The summed E-state index contributed by atoms with van der Waals surface area (Å²) < 4.78 is 0. The fourth-order valence-electron chi connectivity index (χ4n) is 1.66. The van der Waals surface area contributed by atoms with Crippen molar-refractivity contribution in [3.63, 3.8) is 0 Å². The average Bonchev–Trinajstić information content (AvgIpc) is 3.10. The van der Waals surface area contributed by atoms with E-state index in [0.717, 1.165) is 17.5 Å². The molecule has 0 aromatic heterocycles. The zero-order chi connectivity index (χ0) is 14.6. The van der Waals surface area contributed by atoms with E-state index in [1.54, 1.807) is 32.1 Å². The van der Waals surface area contributed by atoms with Gasteiger partial charge in [-0.25, -0.2) is 12.2 Å². The first-order chi connectivity index (χ1) is 9.86. The van der Waals surface area contributed by atoms with Crippen LogP contribution in [0.4, 0.5) is 0 Å². The van der Waals surface area contributed by atoms with Gasteiger partial charge >= 0.3 is 24.8 Å². The molecule has 1 nitrogen and oxygen atoms in total. The minimum absolute atomic E-state index is 0. The molecule has 0 spiro atoms. The predicted molar refractivity (Wildman–Crippen MR) is 96.7 cm³/mol. The molecule has 4 heteroatoms. The molecule has 0 amide bonds. The Hall–Kier alpha value is -1.12. The number of phenols is 1. The molecule has 0 unspecified atom stereocenters. The Labute approximate surface area is 156 Å². The van der Waals surface area contributed by atoms with Crippen molar-refractivity contribution in [3.8, 4) is 16.9 Å². The van der Waals surface area contributed by atoms with Crippen LogP contribution in [0, 0.1) is 6.08 Å². The zero-order valence-electron chi connectivity index (χ0n) is 12.1. The van der Waals surface area contributed by atoms with Gasteiger partial charge in [0.1, 0.15) is 5.75 Å². The van der Waals surface area contributed by atoms with E-state index in [9.17, 15) is 5.11 Å². The third-order valence-corrected chi connectivity index (χ3v) is 2.54. The number of allylic oxidation sites excluding steroid dienone is 4. The summed E-state index contributed by atoms with van der Waals surface area (Å²) in [5, 5.41) is 9.27. The Bertz CT molecular complexity index is 558. The topological polar surface area (TPSA) is 20.2 Å². The van der Waals surface area contributed by atoms with Crippen LogP contribution in [-0.4, -0.2) is 9.92 Å². The molecule has 0 saturated heterocycles. The van der Waals surface area contributed by atoms with Gasteiger partial charge in [-0.3, -0.25) is 6.08 Å². The number of hydrogen-bond acceptors (Lipinski definition) is 1. The summed E-state index contributed by atoms with van der Waals surface area (Å²) in [6.07, 6.45) is 10.0. The second kappa shape index (κ2) is 14.8. The number of hydrogen-bond donors (Lipinski definition) is 1. The van der Waals surface area contributed by atoms with Crippen LogP contribution < -0.4 is 0 Å². The molecule has 0 bridgehead atoms. The van der Waals surface area contributed by atoms with E-state index >= 15 is 0 Å². The molecule has 0 aliphatic heterocycles. The summed E-state index contributed by atoms with van der Waals surface area (Å²) in [6.45, 7) is 0. The SMILES string of the molecule is Cl.Cl.Oc1cccc(-c2ccccc2)c1.[C-]1=CC=CC1.[CH2]=[Ti+]. The van der Waals surface area contributed by atoms with E-state index in [0.29, 0.717) is 5.75 Å². The van der Waals surface area contributed by atoms with Gasteiger partial charge < -0.3 is 5.11 Å². The molecule has 0 radical (unpaired) electrons. The monoisotopic (exact) mass is 369 g/mol. The Morgan fingerprint density at radius 2 is 1.55 bits per heavy atom. The van der Waals surface area contributed by atoms with Crippen molar-refractivity contribution < 1.29 is 25.1 Å². The van der Waals surface area contributed by atoms with Crippen LogP contribution in [0.2, 0.25) is 0 Å². The van der Waals surface area contributed by atoms with Crippen LogP contribution >= 0.6 is 24.8 Å². The Balaban J connectivity index is 0. The summed E-state index contributed by atoms with van der Waals surface area (Å²) >= 11 is 1.75. The van der Waals surface area contributed by atoms with Crippen LogP contribution in [0.1, 0.15) is 6.42 Å². The second-order valence-corrected chi connectivity index (χ2v) is 3.92. The molecular formula is C18H19Cl2OTi. The maximum atomic E-state index is 9.27. The third-order valence-electron chi connectivity index (χ3n) is 2.54. The van der Waals surface area contributed by atoms with Crippen molar-refractivity contribution in [3.05, 3.63) is 78.9 Å². The number of rotatable bonds is 1. The van der Waals surface area contributed by atoms with Gasteiger partial charge in [0.05, 0.1) is 0 Å². The molecule has 3 rings (SSSR count). The summed E-state index contributed by atoms with van der Waals surface area (Å²) in [6, 6.07) is 17.3. The number of benzene rings is 2. The van der Waals surface area contributed by atoms with Crippen molar-refractivity contribution in [2.75, 3.05) is 0 Å². The Kier molecular flexibility index (Phi) is 15.6. The Morgan fingerprint density at radius 1 is 0.909 bits per heavy atom. The third kappa shape index (κ3) is 9.02. The van der Waals surface area contributed by atoms with Gasteiger partial charge in [-0.1, -0.05) is 42.5 Å². The molecule has 1 aliphatic rings. The summed E-state index contributed by atoms with van der Waals surface area (Å²) in [7, 11) is 0. The molecule has 1 N–H and O–H groups in total. The van der Waals surface area contributed by atoms with E-state index in [-0.39, 0.29) is 24.8 Å². The molecule has 115 valence electrons. The molecule has 0 atom stereocenters. The van der Waals surface area contributed by atoms with E-state index in [4.69, 9.17) is 0 Å². The number of halogens is 2. The minimum atomic E-state index is 0. The molecule has 0 saturated carbocycles. The maximum absolute atomic E-state index is 9.27. The van der Waals surface area contributed by atoms with E-state index in [1.807, 2.05) is 54.6 Å². The molecule has 0 heterocycles. The van der Waals surface area contributed by atoms with Crippen LogP contribution in [0.3, 0.4) is 0 Å². The van der Waals surface area contributed by atoms with Gasteiger partial charge in [-0.2, -0.15) is 6.08 Å². The second-order valence-electron chi connectivity index (χ2n) is 3.92. The van der Waals surface area contributed by atoms with Crippen molar-refractivity contribution in [2.24, 2.45) is 0 Å². The van der Waals surface area contributed by atoms with Crippen LogP contribution in [0.5, 0.6) is 5.75 Å². The first kappa shape index (κ1) is 23.2. The van der Waals surface area contributed by atoms with Gasteiger partial charge in [0.25, 0.3) is 0 Å². The normalized spacial score (nSPS) is 10.1. The standard InChI is InChI=1S/C12H10O.C5H5.CH2.2ClH.Ti/c13-12-8-4-7-11(9-12)10-5-2-1-3-6-10;1-2-4-5-3-1;;;;/h1-9,13H;1-3H,4H2;1H2;2*1H;/q;-1;;;;+1. The first-order valence-electron chi connectivity index (χ1n) is 6.28. The number of aromatic hydroxyl groups is 1. The summed E-state index contributed by atoms with van der Waals surface area (Å²) in [4.78, 5) is 3.25. The molecule has 22 heavy (non-hydrogen) atoms. The predicted octanol–water partition coefficient (Wildman–Crippen LogP) is 5.17. The van der Waals surface area contributed by atoms with Crippen LogP contribution in [0.25, 0.3) is 11.1 Å². The van der Waals surface area contributed by atoms with Crippen LogP contribution in [0.15, 0.2) is 72.8 Å². The van der Waals surface area contributed by atoms with Gasteiger partial charge in [-0.05, 0) is 23.3 Å².